The van der Waals surface area contributed by atoms with E-state index in [-0.39, 0.29) is 11.8 Å². The highest BCUT2D eigenvalue weighted by molar-refractivity contribution is 5.79. The molecule has 94 valence electrons. The fraction of sp³-hybridized carbons (Fsp3) is 0.857. The molecule has 0 bridgehead atoms. The maximum Gasteiger partial charge on any atom is 0.224 e. The van der Waals surface area contributed by atoms with Crippen molar-refractivity contribution in [3.05, 3.63) is 0 Å². The fourth-order valence-corrected chi connectivity index (χ4v) is 3.24. The van der Waals surface area contributed by atoms with Crippen molar-refractivity contribution in [1.82, 2.24) is 4.90 Å². The zero-order valence-corrected chi connectivity index (χ0v) is 10.7. The van der Waals surface area contributed by atoms with Crippen LogP contribution in [0.25, 0.3) is 0 Å². The number of likely N-dealkylation sites (tertiary alicyclic amines) is 1. The SMILES string of the molecule is CC1CCCC(CCN2CC(C#N)CC2=O)C1. The van der Waals surface area contributed by atoms with Crippen molar-refractivity contribution >= 4 is 5.91 Å². The minimum atomic E-state index is -0.0622. The monoisotopic (exact) mass is 234 g/mol. The zero-order valence-electron chi connectivity index (χ0n) is 10.7. The molecule has 0 N–H and O–H groups in total. The van der Waals surface area contributed by atoms with Gasteiger partial charge in [0.1, 0.15) is 0 Å². The molecule has 0 aromatic carbocycles. The van der Waals surface area contributed by atoms with Crippen molar-refractivity contribution in [3.63, 3.8) is 0 Å². The van der Waals surface area contributed by atoms with Gasteiger partial charge in [0.15, 0.2) is 0 Å². The van der Waals surface area contributed by atoms with Gasteiger partial charge in [-0.1, -0.05) is 26.2 Å². The Hall–Kier alpha value is -1.04. The molecule has 1 aliphatic heterocycles. The van der Waals surface area contributed by atoms with Gasteiger partial charge < -0.3 is 4.90 Å². The third-order valence-electron chi connectivity index (χ3n) is 4.25. The Labute approximate surface area is 104 Å². The highest BCUT2D eigenvalue weighted by Gasteiger charge is 2.30. The van der Waals surface area contributed by atoms with Crippen molar-refractivity contribution in [3.8, 4) is 6.07 Å². The second kappa shape index (κ2) is 5.53. The van der Waals surface area contributed by atoms with Crippen molar-refractivity contribution in [2.45, 2.75) is 45.4 Å². The zero-order chi connectivity index (χ0) is 12.3. The number of nitriles is 1. The van der Waals surface area contributed by atoms with Gasteiger partial charge in [0.2, 0.25) is 5.91 Å². The van der Waals surface area contributed by atoms with Gasteiger partial charge in [-0.15, -0.1) is 0 Å². The maximum atomic E-state index is 11.7. The van der Waals surface area contributed by atoms with Crippen LogP contribution in [-0.2, 0) is 4.79 Å². The van der Waals surface area contributed by atoms with Crippen LogP contribution in [0.15, 0.2) is 0 Å². The van der Waals surface area contributed by atoms with Crippen LogP contribution >= 0.6 is 0 Å². The van der Waals surface area contributed by atoms with E-state index in [0.29, 0.717) is 13.0 Å². The molecule has 3 unspecified atom stereocenters. The number of hydrogen-bond donors (Lipinski definition) is 0. The van der Waals surface area contributed by atoms with E-state index in [0.717, 1.165) is 24.8 Å². The van der Waals surface area contributed by atoms with Crippen molar-refractivity contribution in [2.24, 2.45) is 17.8 Å². The first-order valence-electron chi connectivity index (χ1n) is 6.86. The van der Waals surface area contributed by atoms with Crippen LogP contribution in [0.2, 0.25) is 0 Å². The second-order valence-electron chi connectivity index (χ2n) is 5.80. The Bertz CT molecular complexity index is 321. The summed E-state index contributed by atoms with van der Waals surface area (Å²) in [6.07, 6.45) is 6.94. The molecule has 2 rings (SSSR count). The molecule has 3 nitrogen and oxygen atoms in total. The van der Waals surface area contributed by atoms with Crippen molar-refractivity contribution in [2.75, 3.05) is 13.1 Å². The van der Waals surface area contributed by atoms with E-state index in [4.69, 9.17) is 5.26 Å². The van der Waals surface area contributed by atoms with E-state index in [1.54, 1.807) is 0 Å². The number of nitrogens with zero attached hydrogens (tertiary/aromatic N) is 2. The summed E-state index contributed by atoms with van der Waals surface area (Å²) in [5, 5.41) is 8.82. The van der Waals surface area contributed by atoms with Crippen LogP contribution < -0.4 is 0 Å². The van der Waals surface area contributed by atoms with Crippen LogP contribution in [-0.4, -0.2) is 23.9 Å². The minimum absolute atomic E-state index is 0.0622. The van der Waals surface area contributed by atoms with Crippen LogP contribution in [0, 0.1) is 29.1 Å². The second-order valence-corrected chi connectivity index (χ2v) is 5.80. The third kappa shape index (κ3) is 3.21. The molecule has 1 aliphatic carbocycles. The molecule has 1 saturated carbocycles. The lowest BCUT2D eigenvalue weighted by molar-refractivity contribution is -0.127. The Kier molecular flexibility index (Phi) is 4.04. The molecule has 0 radical (unpaired) electrons. The normalized spacial score (nSPS) is 33.8. The molecule has 2 aliphatic rings. The van der Waals surface area contributed by atoms with Gasteiger partial charge in [0, 0.05) is 19.5 Å². The summed E-state index contributed by atoms with van der Waals surface area (Å²) in [4.78, 5) is 13.6. The van der Waals surface area contributed by atoms with Gasteiger partial charge >= 0.3 is 0 Å². The smallest absolute Gasteiger partial charge is 0.224 e. The minimum Gasteiger partial charge on any atom is -0.341 e. The van der Waals surface area contributed by atoms with Gasteiger partial charge in [-0.25, -0.2) is 0 Å². The van der Waals surface area contributed by atoms with E-state index in [1.165, 1.54) is 25.7 Å². The molecule has 1 amide bonds. The number of carbonyl (C=O) groups is 1. The number of rotatable bonds is 3. The summed E-state index contributed by atoms with van der Waals surface area (Å²) in [7, 11) is 0. The quantitative estimate of drug-likeness (QED) is 0.753. The first-order chi connectivity index (χ1) is 8.19. The Morgan fingerprint density at radius 3 is 2.94 bits per heavy atom. The van der Waals surface area contributed by atoms with Crippen molar-refractivity contribution < 1.29 is 4.79 Å². The van der Waals surface area contributed by atoms with E-state index in [9.17, 15) is 4.79 Å². The van der Waals surface area contributed by atoms with Crippen LogP contribution in [0.1, 0.15) is 45.4 Å². The first-order valence-corrected chi connectivity index (χ1v) is 6.86. The molecule has 1 heterocycles. The summed E-state index contributed by atoms with van der Waals surface area (Å²) in [5.41, 5.74) is 0. The number of amides is 1. The highest BCUT2D eigenvalue weighted by Crippen LogP contribution is 2.31. The van der Waals surface area contributed by atoms with Gasteiger partial charge in [-0.3, -0.25) is 4.79 Å². The van der Waals surface area contributed by atoms with E-state index in [1.807, 2.05) is 4.90 Å². The average Bonchev–Trinajstić information content (AvgIpc) is 2.68. The molecular formula is C14H22N2O. The molecule has 2 fully saturated rings. The van der Waals surface area contributed by atoms with Gasteiger partial charge in [-0.05, 0) is 24.7 Å². The maximum absolute atomic E-state index is 11.7. The lowest BCUT2D eigenvalue weighted by Gasteiger charge is -2.28. The lowest BCUT2D eigenvalue weighted by Crippen LogP contribution is -2.28. The number of carbonyl (C=O) groups excluding carboxylic acids is 1. The highest BCUT2D eigenvalue weighted by atomic mass is 16.2. The summed E-state index contributed by atoms with van der Waals surface area (Å²) < 4.78 is 0. The topological polar surface area (TPSA) is 44.1 Å². The molecule has 3 heteroatoms. The Morgan fingerprint density at radius 1 is 1.47 bits per heavy atom. The van der Waals surface area contributed by atoms with Crippen LogP contribution in [0.3, 0.4) is 0 Å². The molecule has 0 aromatic heterocycles. The molecule has 0 spiro atoms. The van der Waals surface area contributed by atoms with Gasteiger partial charge in [0.25, 0.3) is 0 Å². The fourth-order valence-electron chi connectivity index (χ4n) is 3.24. The Morgan fingerprint density at radius 2 is 2.29 bits per heavy atom. The Balaban J connectivity index is 1.75. The lowest BCUT2D eigenvalue weighted by atomic mass is 9.81. The molecule has 3 atom stereocenters. The van der Waals surface area contributed by atoms with Crippen LogP contribution in [0.5, 0.6) is 0 Å². The number of hydrogen-bond acceptors (Lipinski definition) is 2. The van der Waals surface area contributed by atoms with E-state index < -0.39 is 0 Å². The summed E-state index contributed by atoms with van der Waals surface area (Å²) >= 11 is 0. The summed E-state index contributed by atoms with van der Waals surface area (Å²) in [6.45, 7) is 3.87. The first kappa shape index (κ1) is 12.4. The molecule has 1 saturated heterocycles. The van der Waals surface area contributed by atoms with Gasteiger partial charge in [-0.2, -0.15) is 5.26 Å². The standard InChI is InChI=1S/C14H22N2O/c1-11-3-2-4-12(7-11)5-6-16-10-13(9-15)8-14(16)17/h11-13H,2-8,10H2,1H3. The third-order valence-corrected chi connectivity index (χ3v) is 4.25. The van der Waals surface area contributed by atoms with Gasteiger partial charge in [0.05, 0.1) is 12.0 Å². The molecule has 17 heavy (non-hydrogen) atoms. The van der Waals surface area contributed by atoms with E-state index >= 15 is 0 Å². The summed E-state index contributed by atoms with van der Waals surface area (Å²) in [6, 6.07) is 2.21. The predicted molar refractivity (Wildman–Crippen MR) is 66.0 cm³/mol. The molecule has 0 aromatic rings. The molecular weight excluding hydrogens is 212 g/mol. The predicted octanol–water partition coefficient (Wildman–Crippen LogP) is 2.57. The van der Waals surface area contributed by atoms with Crippen molar-refractivity contribution in [1.29, 1.82) is 5.26 Å². The summed E-state index contributed by atoms with van der Waals surface area (Å²) in [5.74, 6) is 1.77. The van der Waals surface area contributed by atoms with Crippen LogP contribution in [0.4, 0.5) is 0 Å². The van der Waals surface area contributed by atoms with E-state index in [2.05, 4.69) is 13.0 Å². The largest absolute Gasteiger partial charge is 0.341 e. The average molecular weight is 234 g/mol.